The molecule has 0 aliphatic heterocycles. The van der Waals surface area contributed by atoms with Crippen molar-refractivity contribution < 1.29 is 4.74 Å². The van der Waals surface area contributed by atoms with E-state index < -0.39 is 0 Å². The first-order valence-corrected chi connectivity index (χ1v) is 10.5. The quantitative estimate of drug-likeness (QED) is 0.296. The number of amidine groups is 1. The maximum Gasteiger partial charge on any atom is 0.180 e. The van der Waals surface area contributed by atoms with E-state index >= 15 is 0 Å². The van der Waals surface area contributed by atoms with Gasteiger partial charge in [0.15, 0.2) is 5.17 Å². The molecule has 0 amide bonds. The maximum atomic E-state index is 6.14. The number of aryl methyl sites for hydroxylation is 1. The van der Waals surface area contributed by atoms with E-state index in [0.717, 1.165) is 16.9 Å². The van der Waals surface area contributed by atoms with Gasteiger partial charge in [-0.15, -0.1) is 5.10 Å². The Morgan fingerprint density at radius 2 is 1.83 bits per heavy atom. The van der Waals surface area contributed by atoms with Gasteiger partial charge < -0.3 is 10.5 Å². The van der Waals surface area contributed by atoms with E-state index in [1.165, 1.54) is 22.9 Å². The van der Waals surface area contributed by atoms with E-state index in [4.69, 9.17) is 22.1 Å². The average Bonchev–Trinajstić information content (AvgIpc) is 2.73. The maximum absolute atomic E-state index is 6.14. The number of benzene rings is 3. The minimum atomic E-state index is 0.398. The number of hydrogen-bond acceptors (Lipinski definition) is 4. The lowest BCUT2D eigenvalue weighted by Crippen LogP contribution is -2.06. The van der Waals surface area contributed by atoms with Crippen LogP contribution in [-0.2, 0) is 12.4 Å². The smallest absolute Gasteiger partial charge is 0.180 e. The van der Waals surface area contributed by atoms with Gasteiger partial charge in [0, 0.05) is 16.3 Å². The Morgan fingerprint density at radius 3 is 2.62 bits per heavy atom. The van der Waals surface area contributed by atoms with Crippen molar-refractivity contribution in [3.8, 4) is 5.75 Å². The van der Waals surface area contributed by atoms with Crippen LogP contribution in [0.3, 0.4) is 0 Å². The van der Waals surface area contributed by atoms with Crippen LogP contribution in [0.5, 0.6) is 5.75 Å². The number of rotatable bonds is 7. The zero-order valence-corrected chi connectivity index (χ0v) is 17.7. The van der Waals surface area contributed by atoms with Gasteiger partial charge in [-0.2, -0.15) is 5.10 Å². The third-order valence-corrected chi connectivity index (χ3v) is 5.29. The molecule has 0 saturated heterocycles. The molecule has 0 unspecified atom stereocenters. The minimum Gasteiger partial charge on any atom is -0.488 e. The summed E-state index contributed by atoms with van der Waals surface area (Å²) in [5.41, 5.74) is 10.2. The van der Waals surface area contributed by atoms with Crippen molar-refractivity contribution in [2.24, 2.45) is 15.9 Å². The van der Waals surface area contributed by atoms with Crippen LogP contribution in [0.25, 0.3) is 0 Å². The summed E-state index contributed by atoms with van der Waals surface area (Å²) in [6, 6.07) is 23.6. The number of ether oxygens (including phenoxy) is 1. The van der Waals surface area contributed by atoms with Crippen LogP contribution in [-0.4, -0.2) is 11.4 Å². The van der Waals surface area contributed by atoms with Crippen molar-refractivity contribution in [1.82, 2.24) is 0 Å². The van der Waals surface area contributed by atoms with Crippen LogP contribution in [0.15, 0.2) is 83.0 Å². The first-order chi connectivity index (χ1) is 14.1. The second-order valence-electron chi connectivity index (χ2n) is 6.35. The summed E-state index contributed by atoms with van der Waals surface area (Å²) >= 11 is 7.57. The van der Waals surface area contributed by atoms with Gasteiger partial charge in [0.05, 0.1) is 6.21 Å². The summed E-state index contributed by atoms with van der Waals surface area (Å²) in [5, 5.41) is 9.17. The van der Waals surface area contributed by atoms with Crippen molar-refractivity contribution >= 4 is 34.7 Å². The van der Waals surface area contributed by atoms with Crippen molar-refractivity contribution in [2.45, 2.75) is 19.3 Å². The second kappa shape index (κ2) is 10.7. The van der Waals surface area contributed by atoms with Gasteiger partial charge in [-0.05, 0) is 41.8 Å². The summed E-state index contributed by atoms with van der Waals surface area (Å²) in [6.07, 6.45) is 1.61. The molecule has 3 aromatic rings. The Labute approximate surface area is 180 Å². The van der Waals surface area contributed by atoms with E-state index in [9.17, 15) is 0 Å². The van der Waals surface area contributed by atoms with E-state index in [2.05, 4.69) is 23.2 Å². The molecule has 0 aliphatic rings. The van der Waals surface area contributed by atoms with Gasteiger partial charge >= 0.3 is 0 Å². The summed E-state index contributed by atoms with van der Waals surface area (Å²) in [6.45, 7) is 2.53. The fraction of sp³-hybridized carbons (Fsp3) is 0.130. The Bertz CT molecular complexity index is 1010. The molecule has 0 radical (unpaired) electrons. The van der Waals surface area contributed by atoms with Crippen LogP contribution in [0, 0.1) is 6.92 Å². The molecule has 0 atom stereocenters. The molecular weight excluding hydrogens is 402 g/mol. The molecule has 0 heterocycles. The second-order valence-corrected chi connectivity index (χ2v) is 7.79. The third kappa shape index (κ3) is 6.66. The fourth-order valence-corrected chi connectivity index (χ4v) is 3.38. The number of halogens is 1. The lowest BCUT2D eigenvalue weighted by atomic mass is 10.1. The molecule has 0 saturated carbocycles. The van der Waals surface area contributed by atoms with Gasteiger partial charge in [-0.3, -0.25) is 0 Å². The van der Waals surface area contributed by atoms with Crippen LogP contribution in [0.2, 0.25) is 5.02 Å². The zero-order valence-electron chi connectivity index (χ0n) is 16.1. The predicted molar refractivity (Wildman–Crippen MR) is 124 cm³/mol. The lowest BCUT2D eigenvalue weighted by Gasteiger charge is -2.11. The third-order valence-electron chi connectivity index (χ3n) is 4.20. The van der Waals surface area contributed by atoms with Gasteiger partial charge in [-0.25, -0.2) is 0 Å². The van der Waals surface area contributed by atoms with Crippen LogP contribution < -0.4 is 10.5 Å². The van der Waals surface area contributed by atoms with E-state index in [-0.39, 0.29) is 0 Å². The standard InChI is InChI=1S/C23H22ClN3OS/c1-17-7-5-6-10-19(17)15-28-22-12-11-21(24)13-20(22)14-26-27-23(25)29-16-18-8-3-2-4-9-18/h2-14H,15-16H2,1H3,(H2,25,27). The van der Waals surface area contributed by atoms with Crippen molar-refractivity contribution in [3.05, 3.63) is 100 Å². The van der Waals surface area contributed by atoms with Gasteiger partial charge in [-0.1, -0.05) is 78.0 Å². The van der Waals surface area contributed by atoms with E-state index in [1.807, 2.05) is 54.6 Å². The first-order valence-electron chi connectivity index (χ1n) is 9.12. The molecule has 0 aliphatic carbocycles. The molecule has 0 bridgehead atoms. The highest BCUT2D eigenvalue weighted by Gasteiger charge is 2.05. The summed E-state index contributed by atoms with van der Waals surface area (Å²) in [7, 11) is 0. The minimum absolute atomic E-state index is 0.398. The topological polar surface area (TPSA) is 60.0 Å². The molecule has 3 rings (SSSR count). The lowest BCUT2D eigenvalue weighted by molar-refractivity contribution is 0.305. The zero-order chi connectivity index (χ0) is 20.5. The molecule has 0 aromatic heterocycles. The van der Waals surface area contributed by atoms with E-state index in [0.29, 0.717) is 22.5 Å². The van der Waals surface area contributed by atoms with Crippen molar-refractivity contribution in [1.29, 1.82) is 0 Å². The molecule has 0 spiro atoms. The molecule has 2 N–H and O–H groups in total. The number of thioether (sulfide) groups is 1. The molecule has 0 fully saturated rings. The number of nitrogens with zero attached hydrogens (tertiary/aromatic N) is 2. The number of nitrogens with two attached hydrogens (primary N) is 1. The highest BCUT2D eigenvalue weighted by molar-refractivity contribution is 8.13. The van der Waals surface area contributed by atoms with Crippen molar-refractivity contribution in [3.63, 3.8) is 0 Å². The van der Waals surface area contributed by atoms with E-state index in [1.54, 1.807) is 18.3 Å². The number of hydrogen-bond donors (Lipinski definition) is 1. The predicted octanol–water partition coefficient (Wildman–Crippen LogP) is 5.81. The molecule has 148 valence electrons. The Balaban J connectivity index is 1.64. The Hall–Kier alpha value is -2.76. The Morgan fingerprint density at radius 1 is 1.07 bits per heavy atom. The first kappa shape index (κ1) is 21.0. The Kier molecular flexibility index (Phi) is 7.73. The fourth-order valence-electron chi connectivity index (χ4n) is 2.59. The molecule has 29 heavy (non-hydrogen) atoms. The summed E-state index contributed by atoms with van der Waals surface area (Å²) in [5.74, 6) is 1.43. The summed E-state index contributed by atoms with van der Waals surface area (Å²) < 4.78 is 5.99. The molecule has 4 nitrogen and oxygen atoms in total. The average molecular weight is 424 g/mol. The van der Waals surface area contributed by atoms with Crippen LogP contribution in [0.1, 0.15) is 22.3 Å². The van der Waals surface area contributed by atoms with Crippen LogP contribution in [0.4, 0.5) is 0 Å². The molecular formula is C23H22ClN3OS. The molecule has 3 aromatic carbocycles. The monoisotopic (exact) mass is 423 g/mol. The van der Waals surface area contributed by atoms with Crippen molar-refractivity contribution in [2.75, 3.05) is 0 Å². The van der Waals surface area contributed by atoms with Gasteiger partial charge in [0.25, 0.3) is 0 Å². The van der Waals surface area contributed by atoms with Gasteiger partial charge in [0.2, 0.25) is 0 Å². The normalized spacial score (nSPS) is 11.7. The highest BCUT2D eigenvalue weighted by Crippen LogP contribution is 2.23. The van der Waals surface area contributed by atoms with Crippen LogP contribution >= 0.6 is 23.4 Å². The largest absolute Gasteiger partial charge is 0.488 e. The van der Waals surface area contributed by atoms with Gasteiger partial charge in [0.1, 0.15) is 12.4 Å². The SMILES string of the molecule is Cc1ccccc1COc1ccc(Cl)cc1C=NN=C(N)SCc1ccccc1. The molecule has 6 heteroatoms. The summed E-state index contributed by atoms with van der Waals surface area (Å²) in [4.78, 5) is 0. The highest BCUT2D eigenvalue weighted by atomic mass is 35.5.